The van der Waals surface area contributed by atoms with Crippen molar-refractivity contribution in [2.45, 2.75) is 32.9 Å². The Morgan fingerprint density at radius 1 is 1.22 bits per heavy atom. The minimum absolute atomic E-state index is 0.158. The van der Waals surface area contributed by atoms with Gasteiger partial charge in [-0.3, -0.25) is 9.69 Å². The van der Waals surface area contributed by atoms with Crippen LogP contribution in [-0.4, -0.2) is 47.4 Å². The quantitative estimate of drug-likeness (QED) is 0.799. The Kier molecular flexibility index (Phi) is 4.02. The van der Waals surface area contributed by atoms with Crippen molar-refractivity contribution in [3.63, 3.8) is 0 Å². The van der Waals surface area contributed by atoms with Crippen LogP contribution in [0.5, 0.6) is 0 Å². The van der Waals surface area contributed by atoms with E-state index in [4.69, 9.17) is 0 Å². The number of rotatable bonds is 2. The Morgan fingerprint density at radius 3 is 2.44 bits per heavy atom. The summed E-state index contributed by atoms with van der Waals surface area (Å²) in [5.41, 5.74) is 0.794. The summed E-state index contributed by atoms with van der Waals surface area (Å²) in [6.07, 6.45) is 0. The standard InChI is InChI=1S/C15H22N2O/c1-12(2)17-10-9-16(11-13(17)3)15(18)14-7-5-4-6-8-14/h4-8,12-13H,9-11H2,1-3H3/t13-/m1/s1. The maximum Gasteiger partial charge on any atom is 0.253 e. The molecule has 0 saturated carbocycles. The molecule has 2 rings (SSSR count). The Bertz CT molecular complexity index is 402. The van der Waals surface area contributed by atoms with E-state index in [1.54, 1.807) is 0 Å². The van der Waals surface area contributed by atoms with Gasteiger partial charge in [-0.25, -0.2) is 0 Å². The van der Waals surface area contributed by atoms with E-state index in [9.17, 15) is 4.79 Å². The number of amides is 1. The van der Waals surface area contributed by atoms with Gasteiger partial charge in [0.05, 0.1) is 0 Å². The number of hydrogen-bond acceptors (Lipinski definition) is 2. The molecule has 1 amide bonds. The molecule has 3 heteroatoms. The van der Waals surface area contributed by atoms with Crippen molar-refractivity contribution in [1.82, 2.24) is 9.80 Å². The molecule has 0 bridgehead atoms. The third kappa shape index (κ3) is 2.72. The zero-order valence-electron chi connectivity index (χ0n) is 11.5. The number of piperazine rings is 1. The molecule has 0 radical (unpaired) electrons. The van der Waals surface area contributed by atoms with Gasteiger partial charge in [-0.05, 0) is 32.9 Å². The molecule has 0 N–H and O–H groups in total. The summed E-state index contributed by atoms with van der Waals surface area (Å²) in [5.74, 6) is 0.158. The molecule has 1 heterocycles. The zero-order chi connectivity index (χ0) is 13.1. The summed E-state index contributed by atoms with van der Waals surface area (Å²) >= 11 is 0. The van der Waals surface area contributed by atoms with Crippen molar-refractivity contribution in [1.29, 1.82) is 0 Å². The van der Waals surface area contributed by atoms with Crippen molar-refractivity contribution in [2.24, 2.45) is 0 Å². The van der Waals surface area contributed by atoms with Gasteiger partial charge in [-0.15, -0.1) is 0 Å². The summed E-state index contributed by atoms with van der Waals surface area (Å²) in [5, 5.41) is 0. The third-order valence-electron chi connectivity index (χ3n) is 3.65. The van der Waals surface area contributed by atoms with Gasteiger partial charge in [-0.1, -0.05) is 18.2 Å². The predicted octanol–water partition coefficient (Wildman–Crippen LogP) is 2.24. The molecule has 1 atom stereocenters. The second kappa shape index (κ2) is 5.53. The molecule has 0 aromatic heterocycles. The van der Waals surface area contributed by atoms with Crippen LogP contribution in [0.4, 0.5) is 0 Å². The van der Waals surface area contributed by atoms with Gasteiger partial charge in [0.1, 0.15) is 0 Å². The van der Waals surface area contributed by atoms with E-state index in [0.29, 0.717) is 12.1 Å². The van der Waals surface area contributed by atoms with E-state index >= 15 is 0 Å². The largest absolute Gasteiger partial charge is 0.336 e. The lowest BCUT2D eigenvalue weighted by atomic mass is 10.1. The highest BCUT2D eigenvalue weighted by Gasteiger charge is 2.28. The number of carbonyl (C=O) groups is 1. The first-order chi connectivity index (χ1) is 8.59. The monoisotopic (exact) mass is 246 g/mol. The lowest BCUT2D eigenvalue weighted by Gasteiger charge is -2.42. The van der Waals surface area contributed by atoms with Crippen molar-refractivity contribution in [3.8, 4) is 0 Å². The number of nitrogens with zero attached hydrogens (tertiary/aromatic N) is 2. The highest BCUT2D eigenvalue weighted by molar-refractivity contribution is 5.94. The summed E-state index contributed by atoms with van der Waals surface area (Å²) in [6, 6.07) is 10.5. The fourth-order valence-corrected chi connectivity index (χ4v) is 2.69. The molecule has 3 nitrogen and oxygen atoms in total. The molecule has 1 aliphatic heterocycles. The zero-order valence-corrected chi connectivity index (χ0v) is 11.5. The van der Waals surface area contributed by atoms with Crippen LogP contribution in [0.25, 0.3) is 0 Å². The highest BCUT2D eigenvalue weighted by Crippen LogP contribution is 2.15. The van der Waals surface area contributed by atoms with Gasteiger partial charge in [0, 0.05) is 37.3 Å². The highest BCUT2D eigenvalue weighted by atomic mass is 16.2. The lowest BCUT2D eigenvalue weighted by Crippen LogP contribution is -2.55. The minimum atomic E-state index is 0.158. The predicted molar refractivity (Wildman–Crippen MR) is 73.6 cm³/mol. The smallest absolute Gasteiger partial charge is 0.253 e. The van der Waals surface area contributed by atoms with Crippen LogP contribution in [0.3, 0.4) is 0 Å². The number of benzene rings is 1. The Morgan fingerprint density at radius 2 is 1.89 bits per heavy atom. The first-order valence-electron chi connectivity index (χ1n) is 6.69. The molecule has 1 aliphatic rings. The normalized spacial score (nSPS) is 21.3. The third-order valence-corrected chi connectivity index (χ3v) is 3.65. The van der Waals surface area contributed by atoms with Crippen LogP contribution < -0.4 is 0 Å². The number of hydrogen-bond donors (Lipinski definition) is 0. The second-order valence-corrected chi connectivity index (χ2v) is 5.30. The van der Waals surface area contributed by atoms with E-state index in [1.807, 2.05) is 35.2 Å². The van der Waals surface area contributed by atoms with E-state index in [-0.39, 0.29) is 5.91 Å². The van der Waals surface area contributed by atoms with Crippen molar-refractivity contribution in [2.75, 3.05) is 19.6 Å². The van der Waals surface area contributed by atoms with Crippen molar-refractivity contribution < 1.29 is 4.79 Å². The summed E-state index contributed by atoms with van der Waals surface area (Å²) in [4.78, 5) is 16.8. The molecule has 0 spiro atoms. The molecule has 18 heavy (non-hydrogen) atoms. The van der Waals surface area contributed by atoms with Crippen molar-refractivity contribution in [3.05, 3.63) is 35.9 Å². The summed E-state index contributed by atoms with van der Waals surface area (Å²) in [6.45, 7) is 9.25. The van der Waals surface area contributed by atoms with Crippen LogP contribution in [0, 0.1) is 0 Å². The second-order valence-electron chi connectivity index (χ2n) is 5.30. The van der Waals surface area contributed by atoms with E-state index < -0.39 is 0 Å². The Labute approximate surface area is 109 Å². The molecule has 1 saturated heterocycles. The average Bonchev–Trinajstić information content (AvgIpc) is 2.38. The Hall–Kier alpha value is -1.35. The molecule has 1 fully saturated rings. The van der Waals surface area contributed by atoms with Crippen LogP contribution in [0.1, 0.15) is 31.1 Å². The molecule has 0 aliphatic carbocycles. The molecule has 1 aromatic rings. The van der Waals surface area contributed by atoms with Crippen LogP contribution in [0.15, 0.2) is 30.3 Å². The fraction of sp³-hybridized carbons (Fsp3) is 0.533. The minimum Gasteiger partial charge on any atom is -0.336 e. The van der Waals surface area contributed by atoms with Gasteiger partial charge in [0.15, 0.2) is 0 Å². The van der Waals surface area contributed by atoms with Gasteiger partial charge in [0.2, 0.25) is 0 Å². The lowest BCUT2D eigenvalue weighted by molar-refractivity contribution is 0.0426. The average molecular weight is 246 g/mol. The fourth-order valence-electron chi connectivity index (χ4n) is 2.69. The van der Waals surface area contributed by atoms with Gasteiger partial charge >= 0.3 is 0 Å². The van der Waals surface area contributed by atoms with E-state index in [2.05, 4.69) is 25.7 Å². The van der Waals surface area contributed by atoms with Crippen LogP contribution >= 0.6 is 0 Å². The maximum atomic E-state index is 12.3. The maximum absolute atomic E-state index is 12.3. The van der Waals surface area contributed by atoms with Gasteiger partial charge < -0.3 is 4.90 Å². The first-order valence-corrected chi connectivity index (χ1v) is 6.69. The van der Waals surface area contributed by atoms with Gasteiger partial charge in [0.25, 0.3) is 5.91 Å². The molecule has 98 valence electrons. The topological polar surface area (TPSA) is 23.6 Å². The molecular weight excluding hydrogens is 224 g/mol. The van der Waals surface area contributed by atoms with Gasteiger partial charge in [-0.2, -0.15) is 0 Å². The SMILES string of the molecule is CC(C)N1CCN(C(=O)c2ccccc2)C[C@H]1C. The van der Waals surface area contributed by atoms with Crippen LogP contribution in [-0.2, 0) is 0 Å². The van der Waals surface area contributed by atoms with E-state index in [1.165, 1.54) is 0 Å². The molecular formula is C15H22N2O. The summed E-state index contributed by atoms with van der Waals surface area (Å²) < 4.78 is 0. The number of carbonyl (C=O) groups excluding carboxylic acids is 1. The van der Waals surface area contributed by atoms with Crippen molar-refractivity contribution >= 4 is 5.91 Å². The first kappa shape index (κ1) is 13.1. The summed E-state index contributed by atoms with van der Waals surface area (Å²) in [7, 11) is 0. The Balaban J connectivity index is 2.03. The molecule has 0 unspecified atom stereocenters. The van der Waals surface area contributed by atoms with E-state index in [0.717, 1.165) is 25.2 Å². The van der Waals surface area contributed by atoms with Crippen LogP contribution in [0.2, 0.25) is 0 Å². The molecule has 1 aromatic carbocycles.